The maximum absolute atomic E-state index is 12.6. The number of thioether (sulfide) groups is 1. The second-order valence-corrected chi connectivity index (χ2v) is 8.97. The lowest BCUT2D eigenvalue weighted by Crippen LogP contribution is -2.35. The molecule has 0 aliphatic carbocycles. The van der Waals surface area contributed by atoms with Crippen LogP contribution in [0.15, 0.2) is 62.6 Å². The topological polar surface area (TPSA) is 87.3 Å². The number of rotatable bonds is 7. The van der Waals surface area contributed by atoms with Gasteiger partial charge in [-0.1, -0.05) is 41.1 Å². The Morgan fingerprint density at radius 1 is 1.16 bits per heavy atom. The quantitative estimate of drug-likeness (QED) is 0.404. The van der Waals surface area contributed by atoms with E-state index in [-0.39, 0.29) is 11.4 Å². The number of aliphatic imine (C=N–C) groups is 1. The molecule has 0 aromatic heterocycles. The molecule has 9 heteroatoms. The van der Waals surface area contributed by atoms with E-state index < -0.39 is 5.91 Å². The molecule has 2 aromatic rings. The van der Waals surface area contributed by atoms with Crippen LogP contribution in [0.3, 0.4) is 0 Å². The summed E-state index contributed by atoms with van der Waals surface area (Å²) >= 11 is 4.78. The molecule has 164 valence electrons. The van der Waals surface area contributed by atoms with E-state index in [1.165, 1.54) is 16.8 Å². The van der Waals surface area contributed by atoms with Gasteiger partial charge >= 0.3 is 0 Å². The summed E-state index contributed by atoms with van der Waals surface area (Å²) in [6.45, 7) is 4.66. The largest absolute Gasteiger partial charge is 0.490 e. The number of para-hydroxylation sites is 1. The average molecular weight is 513 g/mol. The van der Waals surface area contributed by atoms with E-state index >= 15 is 0 Å². The van der Waals surface area contributed by atoms with Gasteiger partial charge in [0.2, 0.25) is 5.17 Å². The van der Waals surface area contributed by atoms with Crippen molar-refractivity contribution in [1.29, 1.82) is 5.41 Å². The number of hydrogen-bond acceptors (Lipinski definition) is 6. The second kappa shape index (κ2) is 9.70. The van der Waals surface area contributed by atoms with Crippen LogP contribution < -0.4 is 9.47 Å². The maximum atomic E-state index is 12.6. The zero-order valence-electron chi connectivity index (χ0n) is 17.6. The minimum atomic E-state index is -0.463. The van der Waals surface area contributed by atoms with E-state index in [1.807, 2.05) is 56.3 Å². The van der Waals surface area contributed by atoms with Crippen LogP contribution in [0, 0.1) is 12.3 Å². The summed E-state index contributed by atoms with van der Waals surface area (Å²) < 4.78 is 12.6. The molecule has 2 heterocycles. The number of aryl methyl sites for hydroxylation is 1. The third kappa shape index (κ3) is 4.78. The van der Waals surface area contributed by atoms with E-state index in [9.17, 15) is 4.79 Å². The summed E-state index contributed by atoms with van der Waals surface area (Å²) in [5.41, 5.74) is 1.88. The molecule has 2 aromatic carbocycles. The maximum Gasteiger partial charge on any atom is 0.283 e. The zero-order valence-corrected chi connectivity index (χ0v) is 20.0. The van der Waals surface area contributed by atoms with E-state index in [4.69, 9.17) is 14.9 Å². The van der Waals surface area contributed by atoms with Gasteiger partial charge in [0, 0.05) is 10.0 Å². The lowest BCUT2D eigenvalue weighted by Gasteiger charge is -2.20. The predicted molar refractivity (Wildman–Crippen MR) is 132 cm³/mol. The number of hydrazone groups is 1. The molecule has 0 bridgehead atoms. The van der Waals surface area contributed by atoms with Gasteiger partial charge in [-0.2, -0.15) is 15.1 Å². The normalized spacial score (nSPS) is 16.7. The zero-order chi connectivity index (χ0) is 22.7. The molecule has 1 N–H and O–H groups in total. The Morgan fingerprint density at radius 2 is 1.91 bits per heavy atom. The van der Waals surface area contributed by atoms with Gasteiger partial charge in [0.1, 0.15) is 29.8 Å². The summed E-state index contributed by atoms with van der Waals surface area (Å²) in [5, 5.41) is 15.5. The lowest BCUT2D eigenvalue weighted by molar-refractivity contribution is -0.114. The van der Waals surface area contributed by atoms with E-state index in [2.05, 4.69) is 26.0 Å². The van der Waals surface area contributed by atoms with Crippen LogP contribution in [0.1, 0.15) is 24.5 Å². The van der Waals surface area contributed by atoms with Crippen molar-refractivity contribution in [3.8, 4) is 11.5 Å². The summed E-state index contributed by atoms with van der Waals surface area (Å²) in [6, 6.07) is 13.3. The first-order valence-corrected chi connectivity index (χ1v) is 11.7. The van der Waals surface area contributed by atoms with Crippen molar-refractivity contribution in [3.63, 3.8) is 0 Å². The van der Waals surface area contributed by atoms with E-state index in [1.54, 1.807) is 6.08 Å². The van der Waals surface area contributed by atoms with Gasteiger partial charge in [0.25, 0.3) is 5.91 Å². The number of halogens is 1. The fraction of sp³-hybridized carbons (Fsp3) is 0.217. The number of benzene rings is 2. The molecule has 32 heavy (non-hydrogen) atoms. The van der Waals surface area contributed by atoms with Crippen molar-refractivity contribution in [2.45, 2.75) is 20.3 Å². The molecule has 0 spiro atoms. The summed E-state index contributed by atoms with van der Waals surface area (Å²) in [6.07, 6.45) is 2.34. The highest BCUT2D eigenvalue weighted by Gasteiger charge is 2.35. The molecule has 0 radical (unpaired) electrons. The lowest BCUT2D eigenvalue weighted by atomic mass is 10.1. The Labute approximate surface area is 198 Å². The minimum Gasteiger partial charge on any atom is -0.490 e. The van der Waals surface area contributed by atoms with Crippen molar-refractivity contribution in [2.24, 2.45) is 10.1 Å². The number of nitrogens with one attached hydrogen (secondary N) is 1. The SMILES string of the molecule is CCC1=NN2C(=N)/C(=C/c3cc(Br)ccc3OCCOc3ccccc3C)C(=O)N=C2S1. The van der Waals surface area contributed by atoms with Crippen molar-refractivity contribution in [2.75, 3.05) is 13.2 Å². The third-order valence-electron chi connectivity index (χ3n) is 4.76. The van der Waals surface area contributed by atoms with Crippen molar-refractivity contribution in [1.82, 2.24) is 5.01 Å². The first-order valence-electron chi connectivity index (χ1n) is 10.1. The van der Waals surface area contributed by atoms with Gasteiger partial charge < -0.3 is 9.47 Å². The van der Waals surface area contributed by atoms with E-state index in [0.717, 1.165) is 27.3 Å². The Kier molecular flexibility index (Phi) is 6.76. The number of ether oxygens (including phenoxy) is 2. The molecule has 2 aliphatic rings. The van der Waals surface area contributed by atoms with Crippen LogP contribution in [0.4, 0.5) is 0 Å². The van der Waals surface area contributed by atoms with Crippen LogP contribution >= 0.6 is 27.7 Å². The smallest absolute Gasteiger partial charge is 0.283 e. The molecular formula is C23H21BrN4O3S. The molecule has 7 nitrogen and oxygen atoms in total. The van der Waals surface area contributed by atoms with E-state index in [0.29, 0.717) is 29.7 Å². The molecular weight excluding hydrogens is 492 g/mol. The molecule has 4 rings (SSSR count). The van der Waals surface area contributed by atoms with Crippen LogP contribution in [0.5, 0.6) is 11.5 Å². The second-order valence-electron chi connectivity index (χ2n) is 7.01. The fourth-order valence-electron chi connectivity index (χ4n) is 3.12. The van der Waals surface area contributed by atoms with Crippen molar-refractivity contribution in [3.05, 3.63) is 63.6 Å². The van der Waals surface area contributed by atoms with Gasteiger partial charge in [0.15, 0.2) is 5.84 Å². The molecule has 1 amide bonds. The Bertz CT molecular complexity index is 1180. The van der Waals surface area contributed by atoms with Gasteiger partial charge in [-0.3, -0.25) is 10.2 Å². The average Bonchev–Trinajstić information content (AvgIpc) is 3.19. The third-order valence-corrected chi connectivity index (χ3v) is 6.31. The minimum absolute atomic E-state index is 0.00441. The first kappa shape index (κ1) is 22.3. The highest BCUT2D eigenvalue weighted by molar-refractivity contribution is 9.10. The van der Waals surface area contributed by atoms with Gasteiger partial charge in [-0.05, 0) is 61.0 Å². The molecule has 0 unspecified atom stereocenters. The number of carbonyl (C=O) groups is 1. The number of amidine groups is 2. The summed E-state index contributed by atoms with van der Waals surface area (Å²) in [5.74, 6) is 0.942. The fourth-order valence-corrected chi connectivity index (χ4v) is 4.32. The molecule has 0 saturated heterocycles. The Balaban J connectivity index is 1.51. The van der Waals surface area contributed by atoms with Gasteiger partial charge in [-0.25, -0.2) is 0 Å². The molecule has 0 fully saturated rings. The standard InChI is InChI=1S/C23H21BrN4O3S/c1-3-20-27-28-21(25)17(22(29)26-23(28)32-20)13-15-12-16(24)8-9-19(15)31-11-10-30-18-7-5-4-6-14(18)2/h4-9,12-13,25H,3,10-11H2,1-2H3/b17-13-,25-21?. The highest BCUT2D eigenvalue weighted by Crippen LogP contribution is 2.31. The van der Waals surface area contributed by atoms with Crippen LogP contribution in [0.25, 0.3) is 6.08 Å². The summed E-state index contributed by atoms with van der Waals surface area (Å²) in [7, 11) is 0. The molecule has 0 atom stereocenters. The highest BCUT2D eigenvalue weighted by atomic mass is 79.9. The van der Waals surface area contributed by atoms with Gasteiger partial charge in [0.05, 0.1) is 5.57 Å². The molecule has 2 aliphatic heterocycles. The van der Waals surface area contributed by atoms with Crippen LogP contribution in [-0.4, -0.2) is 40.2 Å². The Morgan fingerprint density at radius 3 is 2.66 bits per heavy atom. The number of nitrogens with zero attached hydrogens (tertiary/aromatic N) is 3. The molecule has 0 saturated carbocycles. The number of amides is 1. The van der Waals surface area contributed by atoms with Crippen LogP contribution in [-0.2, 0) is 4.79 Å². The van der Waals surface area contributed by atoms with Crippen molar-refractivity contribution >= 4 is 55.7 Å². The number of fused-ring (bicyclic) bond motifs is 1. The monoisotopic (exact) mass is 512 g/mol. The van der Waals surface area contributed by atoms with Crippen LogP contribution in [0.2, 0.25) is 0 Å². The Hall–Kier alpha value is -2.91. The summed E-state index contributed by atoms with van der Waals surface area (Å²) in [4.78, 5) is 16.7. The first-order chi connectivity index (χ1) is 15.5. The number of hydrogen-bond donors (Lipinski definition) is 1. The van der Waals surface area contributed by atoms with Crippen molar-refractivity contribution < 1.29 is 14.3 Å². The number of carbonyl (C=O) groups excluding carboxylic acids is 1. The van der Waals surface area contributed by atoms with Gasteiger partial charge in [-0.15, -0.1) is 0 Å². The predicted octanol–water partition coefficient (Wildman–Crippen LogP) is 5.24.